The molecule has 0 fully saturated rings. The molecule has 0 spiro atoms. The molecule has 0 bridgehead atoms. The molecule has 37 heavy (non-hydrogen) atoms. The number of halogens is 1. The number of nitrogens with zero attached hydrogens (tertiary/aromatic N) is 3. The van der Waals surface area contributed by atoms with Crippen LogP contribution in [0, 0.1) is 9.49 Å². The van der Waals surface area contributed by atoms with Gasteiger partial charge in [0.15, 0.2) is 12.4 Å². The van der Waals surface area contributed by atoms with Crippen LogP contribution in [0.1, 0.15) is 49.2 Å². The molecule has 3 aromatic carbocycles. The van der Waals surface area contributed by atoms with E-state index < -0.39 is 6.29 Å². The monoisotopic (exact) mass is 609 g/mol. The highest BCUT2D eigenvalue weighted by Gasteiger charge is 2.32. The van der Waals surface area contributed by atoms with E-state index in [-0.39, 0.29) is 24.0 Å². The SMILES string of the molecule is C[C@@H]1C(c2ccc3c(=O)n(-c4ccc(I)cc4)c(CCCCC(O)O)nc3c2)=NO[C@@H]1c1ccccc1. The van der Waals surface area contributed by atoms with Crippen LogP contribution in [0.5, 0.6) is 0 Å². The lowest BCUT2D eigenvalue weighted by molar-refractivity contribution is -0.0465. The van der Waals surface area contributed by atoms with Crippen molar-refractivity contribution in [3.8, 4) is 5.69 Å². The van der Waals surface area contributed by atoms with Crippen molar-refractivity contribution in [2.75, 3.05) is 0 Å². The number of aliphatic hydroxyl groups is 2. The maximum absolute atomic E-state index is 13.7. The molecule has 1 aliphatic heterocycles. The van der Waals surface area contributed by atoms with Gasteiger partial charge in [-0.15, -0.1) is 0 Å². The fraction of sp³-hybridized carbons (Fsp3) is 0.276. The van der Waals surface area contributed by atoms with Gasteiger partial charge < -0.3 is 15.1 Å². The molecule has 0 aliphatic carbocycles. The Morgan fingerprint density at radius 3 is 2.51 bits per heavy atom. The molecular weight excluding hydrogens is 581 g/mol. The lowest BCUT2D eigenvalue weighted by atomic mass is 9.90. The van der Waals surface area contributed by atoms with Crippen molar-refractivity contribution in [3.63, 3.8) is 0 Å². The molecule has 1 aliphatic rings. The van der Waals surface area contributed by atoms with Crippen LogP contribution in [0.25, 0.3) is 16.6 Å². The van der Waals surface area contributed by atoms with Crippen LogP contribution in [0.15, 0.2) is 82.7 Å². The largest absolute Gasteiger partial charge is 0.387 e. The van der Waals surface area contributed by atoms with Crippen molar-refractivity contribution in [1.82, 2.24) is 9.55 Å². The highest BCUT2D eigenvalue weighted by atomic mass is 127. The number of hydrogen-bond acceptors (Lipinski definition) is 6. The van der Waals surface area contributed by atoms with Gasteiger partial charge in [-0.05, 0) is 83.8 Å². The lowest BCUT2D eigenvalue weighted by Crippen LogP contribution is -2.24. The summed E-state index contributed by atoms with van der Waals surface area (Å²) in [5.41, 5.74) is 4.02. The highest BCUT2D eigenvalue weighted by molar-refractivity contribution is 14.1. The summed E-state index contributed by atoms with van der Waals surface area (Å²) < 4.78 is 2.74. The summed E-state index contributed by atoms with van der Waals surface area (Å²) in [4.78, 5) is 24.4. The van der Waals surface area contributed by atoms with Crippen molar-refractivity contribution in [2.24, 2.45) is 11.1 Å². The number of aryl methyl sites for hydroxylation is 1. The molecule has 2 heterocycles. The Hall–Kier alpha value is -3.08. The van der Waals surface area contributed by atoms with Gasteiger partial charge in [-0.25, -0.2) is 4.98 Å². The number of rotatable bonds is 8. The van der Waals surface area contributed by atoms with Gasteiger partial charge in [-0.2, -0.15) is 0 Å². The van der Waals surface area contributed by atoms with Crippen molar-refractivity contribution < 1.29 is 15.1 Å². The van der Waals surface area contributed by atoms with E-state index >= 15 is 0 Å². The van der Waals surface area contributed by atoms with Gasteiger partial charge in [-0.3, -0.25) is 9.36 Å². The molecule has 0 radical (unpaired) electrons. The van der Waals surface area contributed by atoms with E-state index in [1.807, 2.05) is 72.8 Å². The second-order valence-corrected chi connectivity index (χ2v) is 10.6. The molecule has 0 unspecified atom stereocenters. The first-order chi connectivity index (χ1) is 17.9. The van der Waals surface area contributed by atoms with E-state index in [0.29, 0.717) is 36.0 Å². The molecule has 2 N–H and O–H groups in total. The van der Waals surface area contributed by atoms with Gasteiger partial charge in [0.2, 0.25) is 0 Å². The third-order valence-electron chi connectivity index (χ3n) is 6.71. The lowest BCUT2D eigenvalue weighted by Gasteiger charge is -2.16. The average Bonchev–Trinajstić information content (AvgIpc) is 3.29. The molecule has 7 nitrogen and oxygen atoms in total. The average molecular weight is 609 g/mol. The molecule has 2 atom stereocenters. The molecule has 190 valence electrons. The van der Waals surface area contributed by atoms with E-state index in [1.54, 1.807) is 4.57 Å². The first-order valence-corrected chi connectivity index (χ1v) is 13.5. The zero-order valence-corrected chi connectivity index (χ0v) is 22.6. The predicted molar refractivity (Wildman–Crippen MR) is 152 cm³/mol. The van der Waals surface area contributed by atoms with Crippen LogP contribution in [0.3, 0.4) is 0 Å². The van der Waals surface area contributed by atoms with E-state index in [1.165, 1.54) is 0 Å². The maximum atomic E-state index is 13.7. The smallest absolute Gasteiger partial charge is 0.265 e. The van der Waals surface area contributed by atoms with Crippen molar-refractivity contribution >= 4 is 39.2 Å². The second kappa shape index (κ2) is 11.1. The first-order valence-electron chi connectivity index (χ1n) is 12.4. The standard InChI is InChI=1S/C29H28IN3O4/c1-18-27(32-37-28(18)19-7-3-2-4-8-19)20-11-16-23-24(17-20)31-25(9-5-6-10-26(34)35)33(29(23)36)22-14-12-21(30)13-15-22/h2-4,7-8,11-18,26,28,34-35H,5-6,9-10H2,1H3/t18-,28+/m1/s1. The maximum Gasteiger partial charge on any atom is 0.265 e. The molecule has 1 aromatic heterocycles. The number of aromatic nitrogens is 2. The van der Waals surface area contributed by atoms with E-state index in [0.717, 1.165) is 26.1 Å². The molecule has 8 heteroatoms. The van der Waals surface area contributed by atoms with Gasteiger partial charge in [-0.1, -0.05) is 48.5 Å². The van der Waals surface area contributed by atoms with Gasteiger partial charge in [0.05, 0.1) is 22.3 Å². The highest BCUT2D eigenvalue weighted by Crippen LogP contribution is 2.35. The first kappa shape index (κ1) is 25.6. The minimum absolute atomic E-state index is 0.0383. The van der Waals surface area contributed by atoms with Crippen LogP contribution in [0.2, 0.25) is 0 Å². The Balaban J connectivity index is 1.52. The number of hydrogen-bond donors (Lipinski definition) is 2. The summed E-state index contributed by atoms with van der Waals surface area (Å²) in [6, 6.07) is 23.5. The van der Waals surface area contributed by atoms with Crippen molar-refractivity contribution in [1.29, 1.82) is 0 Å². The minimum atomic E-state index is -1.33. The number of benzene rings is 3. The second-order valence-electron chi connectivity index (χ2n) is 9.31. The van der Waals surface area contributed by atoms with Gasteiger partial charge in [0.25, 0.3) is 5.56 Å². The van der Waals surface area contributed by atoms with E-state index in [2.05, 4.69) is 34.7 Å². The molecular formula is C29H28IN3O4. The predicted octanol–water partition coefficient (Wildman–Crippen LogP) is 5.13. The van der Waals surface area contributed by atoms with E-state index in [4.69, 9.17) is 9.82 Å². The molecule has 4 aromatic rings. The Morgan fingerprint density at radius 2 is 1.78 bits per heavy atom. The topological polar surface area (TPSA) is 96.9 Å². The number of unbranched alkanes of at least 4 members (excludes halogenated alkanes) is 1. The summed E-state index contributed by atoms with van der Waals surface area (Å²) in [5, 5.41) is 23.3. The summed E-state index contributed by atoms with van der Waals surface area (Å²) in [7, 11) is 0. The Morgan fingerprint density at radius 1 is 1.03 bits per heavy atom. The molecule has 5 rings (SSSR count). The zero-order valence-electron chi connectivity index (χ0n) is 20.4. The minimum Gasteiger partial charge on any atom is -0.387 e. The van der Waals surface area contributed by atoms with E-state index in [9.17, 15) is 15.0 Å². The Bertz CT molecular complexity index is 1480. The van der Waals surface area contributed by atoms with Gasteiger partial charge in [0.1, 0.15) is 5.82 Å². The third-order valence-corrected chi connectivity index (χ3v) is 7.43. The fourth-order valence-corrected chi connectivity index (χ4v) is 5.12. The van der Waals surface area contributed by atoms with Crippen LogP contribution in [-0.2, 0) is 11.3 Å². The quantitative estimate of drug-likeness (QED) is 0.164. The summed E-state index contributed by atoms with van der Waals surface area (Å²) in [6.45, 7) is 2.09. The number of fused-ring (bicyclic) bond motifs is 1. The summed E-state index contributed by atoms with van der Waals surface area (Å²) in [5.74, 6) is 0.680. The molecule has 0 amide bonds. The van der Waals surface area contributed by atoms with Crippen molar-refractivity contribution in [2.45, 2.75) is 45.0 Å². The van der Waals surface area contributed by atoms with Gasteiger partial charge in [0, 0.05) is 21.5 Å². The van der Waals surface area contributed by atoms with Crippen LogP contribution < -0.4 is 5.56 Å². The van der Waals surface area contributed by atoms with Crippen molar-refractivity contribution in [3.05, 3.63) is 104 Å². The number of oxime groups is 1. The summed E-state index contributed by atoms with van der Waals surface area (Å²) >= 11 is 2.24. The number of aliphatic hydroxyl groups excluding tert-OH is 1. The molecule has 0 saturated heterocycles. The Labute approximate surface area is 228 Å². The third kappa shape index (κ3) is 5.46. The van der Waals surface area contributed by atoms with Gasteiger partial charge >= 0.3 is 0 Å². The molecule has 0 saturated carbocycles. The van der Waals surface area contributed by atoms with Crippen LogP contribution in [0.4, 0.5) is 0 Å². The van der Waals surface area contributed by atoms with Crippen LogP contribution in [-0.4, -0.2) is 31.8 Å². The zero-order chi connectivity index (χ0) is 25.9. The summed E-state index contributed by atoms with van der Waals surface area (Å²) in [6.07, 6.45) is 0.616. The fourth-order valence-electron chi connectivity index (χ4n) is 4.76. The van der Waals surface area contributed by atoms with Crippen LogP contribution >= 0.6 is 22.6 Å². The Kier molecular flexibility index (Phi) is 7.68. The normalized spacial score (nSPS) is 17.3.